The van der Waals surface area contributed by atoms with E-state index >= 15 is 0 Å². The van der Waals surface area contributed by atoms with E-state index in [9.17, 15) is 0 Å². The number of aryl methyl sites for hydroxylation is 1. The summed E-state index contributed by atoms with van der Waals surface area (Å²) in [5.41, 5.74) is 6.73. The van der Waals surface area contributed by atoms with E-state index in [0.29, 0.717) is 5.13 Å². The lowest BCUT2D eigenvalue weighted by Crippen LogP contribution is -2.10. The van der Waals surface area contributed by atoms with Gasteiger partial charge in [-0.2, -0.15) is 0 Å². The van der Waals surface area contributed by atoms with Gasteiger partial charge in [0.1, 0.15) is 0 Å². The number of anilines is 1. The first-order valence-electron chi connectivity index (χ1n) is 4.82. The van der Waals surface area contributed by atoms with Gasteiger partial charge in [0.25, 0.3) is 0 Å². The molecule has 1 aromatic heterocycles. The maximum atomic E-state index is 5.64. The number of hydrogen-bond donors (Lipinski definition) is 2. The van der Waals surface area contributed by atoms with Crippen molar-refractivity contribution in [3.05, 3.63) is 5.69 Å². The fourth-order valence-electron chi connectivity index (χ4n) is 1.59. The zero-order chi connectivity index (χ0) is 9.97. The van der Waals surface area contributed by atoms with Crippen molar-refractivity contribution in [2.24, 2.45) is 5.92 Å². The molecular weight excluding hydrogens is 214 g/mol. The van der Waals surface area contributed by atoms with Gasteiger partial charge in [0.2, 0.25) is 0 Å². The first kappa shape index (κ1) is 10.3. The monoisotopic (exact) mass is 229 g/mol. The van der Waals surface area contributed by atoms with Crippen LogP contribution in [0.2, 0.25) is 0 Å². The fourth-order valence-corrected chi connectivity index (χ4v) is 3.77. The Hall–Kier alpha value is -0.260. The molecular formula is C9H15N3S2. The van der Waals surface area contributed by atoms with Gasteiger partial charge in [-0.3, -0.25) is 0 Å². The molecule has 5 heteroatoms. The predicted molar refractivity (Wildman–Crippen MR) is 63.0 cm³/mol. The normalized spacial score (nSPS) is 21.6. The lowest BCUT2D eigenvalue weighted by atomic mass is 10.2. The molecule has 3 N–H and O–H groups in total. The highest BCUT2D eigenvalue weighted by atomic mass is 32.2. The number of nitrogens with two attached hydrogens (primary N) is 1. The van der Waals surface area contributed by atoms with Gasteiger partial charge >= 0.3 is 0 Å². The Morgan fingerprint density at radius 2 is 2.57 bits per heavy atom. The van der Waals surface area contributed by atoms with Crippen LogP contribution in [0.3, 0.4) is 0 Å². The van der Waals surface area contributed by atoms with Gasteiger partial charge in [-0.1, -0.05) is 11.3 Å². The Morgan fingerprint density at radius 1 is 1.71 bits per heavy atom. The smallest absolute Gasteiger partial charge is 0.181 e. The number of thioether (sulfide) groups is 1. The van der Waals surface area contributed by atoms with E-state index in [1.807, 2.05) is 18.7 Å². The van der Waals surface area contributed by atoms with Crippen LogP contribution < -0.4 is 11.1 Å². The molecule has 0 saturated carbocycles. The number of rotatable bonds is 3. The van der Waals surface area contributed by atoms with E-state index in [0.717, 1.165) is 11.6 Å². The van der Waals surface area contributed by atoms with E-state index in [-0.39, 0.29) is 0 Å². The molecule has 0 aromatic carbocycles. The van der Waals surface area contributed by atoms with Crippen molar-refractivity contribution in [3.63, 3.8) is 0 Å². The lowest BCUT2D eigenvalue weighted by molar-refractivity contribution is 0.663. The molecule has 1 atom stereocenters. The summed E-state index contributed by atoms with van der Waals surface area (Å²) in [7, 11) is 0. The topological polar surface area (TPSA) is 50.9 Å². The Bertz CT molecular complexity index is 305. The van der Waals surface area contributed by atoms with Crippen molar-refractivity contribution in [3.8, 4) is 0 Å². The van der Waals surface area contributed by atoms with E-state index in [4.69, 9.17) is 5.73 Å². The Labute approximate surface area is 92.5 Å². The van der Waals surface area contributed by atoms with Crippen molar-refractivity contribution >= 4 is 28.2 Å². The molecule has 0 aliphatic carbocycles. The summed E-state index contributed by atoms with van der Waals surface area (Å²) in [6.07, 6.45) is 1.31. The lowest BCUT2D eigenvalue weighted by Gasteiger charge is -2.05. The second kappa shape index (κ2) is 4.51. The first-order valence-corrected chi connectivity index (χ1v) is 6.62. The van der Waals surface area contributed by atoms with Gasteiger partial charge in [-0.15, -0.1) is 11.8 Å². The van der Waals surface area contributed by atoms with Gasteiger partial charge in [-0.05, 0) is 32.4 Å². The minimum atomic E-state index is 0.689. The van der Waals surface area contributed by atoms with Crippen LogP contribution in [0.25, 0.3) is 0 Å². The summed E-state index contributed by atoms with van der Waals surface area (Å²) >= 11 is 3.51. The second-order valence-electron chi connectivity index (χ2n) is 3.59. The average Bonchev–Trinajstić information content (AvgIpc) is 2.72. The van der Waals surface area contributed by atoms with Gasteiger partial charge < -0.3 is 11.1 Å². The average molecular weight is 229 g/mol. The molecule has 3 nitrogen and oxygen atoms in total. The molecule has 1 aliphatic heterocycles. The summed E-state index contributed by atoms with van der Waals surface area (Å²) in [5, 5.41) is 4.07. The van der Waals surface area contributed by atoms with E-state index < -0.39 is 0 Å². The molecule has 2 rings (SSSR count). The standard InChI is InChI=1S/C9H15N3S2/c1-6-8(14-9(10)12-6)13-5-7-2-3-11-4-7/h7,11H,2-5H2,1H3,(H2,10,12). The third-order valence-electron chi connectivity index (χ3n) is 2.38. The number of nitrogens with one attached hydrogen (secondary N) is 1. The number of nitrogens with zero attached hydrogens (tertiary/aromatic N) is 1. The van der Waals surface area contributed by atoms with Crippen LogP contribution in [0.1, 0.15) is 12.1 Å². The molecule has 0 amide bonds. The van der Waals surface area contributed by atoms with Gasteiger partial charge in [0.05, 0.1) is 9.90 Å². The van der Waals surface area contributed by atoms with Gasteiger partial charge in [-0.25, -0.2) is 4.98 Å². The minimum absolute atomic E-state index is 0.689. The van der Waals surface area contributed by atoms with Crippen molar-refractivity contribution < 1.29 is 0 Å². The molecule has 0 radical (unpaired) electrons. The number of nitrogen functional groups attached to an aromatic ring is 1. The molecule has 0 spiro atoms. The van der Waals surface area contributed by atoms with Crippen LogP contribution >= 0.6 is 23.1 Å². The van der Waals surface area contributed by atoms with Crippen molar-refractivity contribution in [2.75, 3.05) is 24.6 Å². The van der Waals surface area contributed by atoms with Crippen LogP contribution in [0.4, 0.5) is 5.13 Å². The van der Waals surface area contributed by atoms with Crippen molar-refractivity contribution in [2.45, 2.75) is 17.6 Å². The van der Waals surface area contributed by atoms with Crippen molar-refractivity contribution in [1.29, 1.82) is 0 Å². The molecule has 0 bridgehead atoms. The largest absolute Gasteiger partial charge is 0.375 e. The third kappa shape index (κ3) is 2.40. The second-order valence-corrected chi connectivity index (χ2v) is 5.91. The molecule has 14 heavy (non-hydrogen) atoms. The Balaban J connectivity index is 1.87. The minimum Gasteiger partial charge on any atom is -0.375 e. The number of hydrogen-bond acceptors (Lipinski definition) is 5. The van der Waals surface area contributed by atoms with Crippen LogP contribution in [0.15, 0.2) is 4.21 Å². The summed E-state index contributed by atoms with van der Waals surface area (Å²) in [4.78, 5) is 4.22. The molecule has 78 valence electrons. The fraction of sp³-hybridized carbons (Fsp3) is 0.667. The molecule has 1 unspecified atom stereocenters. The highest BCUT2D eigenvalue weighted by Gasteiger charge is 2.15. The first-order chi connectivity index (χ1) is 6.75. The molecule has 1 saturated heterocycles. The van der Waals surface area contributed by atoms with E-state index in [2.05, 4.69) is 10.3 Å². The summed E-state index contributed by atoms with van der Waals surface area (Å²) < 4.78 is 1.29. The SMILES string of the molecule is Cc1nc(N)sc1SCC1CCNC1. The highest BCUT2D eigenvalue weighted by molar-refractivity contribution is 8.01. The Kier molecular flexibility index (Phi) is 3.30. The van der Waals surface area contributed by atoms with Crippen LogP contribution in [-0.2, 0) is 0 Å². The summed E-state index contributed by atoms with van der Waals surface area (Å²) in [5.74, 6) is 2.01. The number of thiazole rings is 1. The molecule has 1 fully saturated rings. The van der Waals surface area contributed by atoms with E-state index in [1.54, 1.807) is 11.3 Å². The Morgan fingerprint density at radius 3 is 3.14 bits per heavy atom. The van der Waals surface area contributed by atoms with Crippen molar-refractivity contribution in [1.82, 2.24) is 10.3 Å². The summed E-state index contributed by atoms with van der Waals surface area (Å²) in [6, 6.07) is 0. The molecule has 2 heterocycles. The molecule has 1 aliphatic rings. The predicted octanol–water partition coefficient (Wildman–Crippen LogP) is 1.74. The summed E-state index contributed by atoms with van der Waals surface area (Å²) in [6.45, 7) is 4.37. The number of aromatic nitrogens is 1. The third-order valence-corrected chi connectivity index (χ3v) is 4.96. The van der Waals surface area contributed by atoms with E-state index in [1.165, 1.54) is 29.5 Å². The van der Waals surface area contributed by atoms with Gasteiger partial charge in [0.15, 0.2) is 5.13 Å². The van der Waals surface area contributed by atoms with Crippen LogP contribution in [0, 0.1) is 12.8 Å². The quantitative estimate of drug-likeness (QED) is 0.775. The highest BCUT2D eigenvalue weighted by Crippen LogP contribution is 2.32. The maximum Gasteiger partial charge on any atom is 0.181 e. The van der Waals surface area contributed by atoms with Crippen LogP contribution in [0.5, 0.6) is 0 Å². The zero-order valence-corrected chi connectivity index (χ0v) is 9.88. The molecule has 1 aromatic rings. The maximum absolute atomic E-state index is 5.64. The zero-order valence-electron chi connectivity index (χ0n) is 8.25. The van der Waals surface area contributed by atoms with Gasteiger partial charge in [0, 0.05) is 5.75 Å². The van der Waals surface area contributed by atoms with Crippen LogP contribution in [-0.4, -0.2) is 23.8 Å².